The number of aromatic nitrogens is 1. The van der Waals surface area contributed by atoms with Gasteiger partial charge in [-0.15, -0.1) is 0 Å². The molecule has 0 spiro atoms. The fourth-order valence-corrected chi connectivity index (χ4v) is 8.71. The molecule has 3 fully saturated rings. The molecule has 5 atom stereocenters. The van der Waals surface area contributed by atoms with E-state index in [1.807, 2.05) is 38.1 Å². The summed E-state index contributed by atoms with van der Waals surface area (Å²) in [6, 6.07) is 5.48. The highest BCUT2D eigenvalue weighted by Gasteiger charge is 2.61. The Morgan fingerprint density at radius 1 is 1.13 bits per heavy atom. The third kappa shape index (κ3) is 6.71. The minimum atomic E-state index is -3.77. The van der Waals surface area contributed by atoms with E-state index in [1.54, 1.807) is 25.1 Å². The van der Waals surface area contributed by atoms with Crippen molar-refractivity contribution in [3.05, 3.63) is 35.9 Å². The lowest BCUT2D eigenvalue weighted by Crippen LogP contribution is -2.42. The predicted octanol–water partition coefficient (Wildman–Crippen LogP) is 4.50. The van der Waals surface area contributed by atoms with Crippen molar-refractivity contribution in [1.82, 2.24) is 14.6 Å². The average molecular weight is 668 g/mol. The van der Waals surface area contributed by atoms with Gasteiger partial charge < -0.3 is 19.1 Å². The molecule has 4 aliphatic rings. The van der Waals surface area contributed by atoms with Crippen LogP contribution in [-0.4, -0.2) is 74.6 Å². The second-order valence-corrected chi connectivity index (χ2v) is 15.5. The Kier molecular flexibility index (Phi) is 9.26. The molecule has 12 heteroatoms. The lowest BCUT2D eigenvalue weighted by Gasteiger charge is -2.26. The van der Waals surface area contributed by atoms with E-state index in [2.05, 4.69) is 9.71 Å². The molecular weight excluding hydrogens is 622 g/mol. The zero-order chi connectivity index (χ0) is 33.5. The van der Waals surface area contributed by atoms with Crippen LogP contribution in [-0.2, 0) is 24.4 Å². The first-order valence-corrected chi connectivity index (χ1v) is 18.3. The maximum Gasteiger partial charge on any atom is 0.240 e. The van der Waals surface area contributed by atoms with Gasteiger partial charge in [0.1, 0.15) is 23.4 Å². The molecule has 1 aromatic heterocycles. The molecule has 47 heavy (non-hydrogen) atoms. The summed E-state index contributed by atoms with van der Waals surface area (Å²) >= 11 is 0. The molecule has 2 heterocycles. The van der Waals surface area contributed by atoms with Crippen molar-refractivity contribution in [3.63, 3.8) is 0 Å². The second kappa shape index (κ2) is 13.1. The van der Waals surface area contributed by atoms with Crippen molar-refractivity contribution in [3.8, 4) is 17.4 Å². The van der Waals surface area contributed by atoms with Crippen LogP contribution in [0.3, 0.4) is 0 Å². The number of nitrogens with zero attached hydrogens (tertiary/aromatic N) is 2. The number of allylic oxidation sites excluding steroid dienone is 2. The maximum absolute atomic E-state index is 14.2. The second-order valence-electron chi connectivity index (χ2n) is 13.6. The van der Waals surface area contributed by atoms with Crippen molar-refractivity contribution in [2.24, 2.45) is 23.2 Å². The van der Waals surface area contributed by atoms with Gasteiger partial charge in [0.2, 0.25) is 27.7 Å². The quantitative estimate of drug-likeness (QED) is 0.403. The fourth-order valence-electron chi connectivity index (χ4n) is 7.32. The zero-order valence-corrected chi connectivity index (χ0v) is 28.4. The van der Waals surface area contributed by atoms with E-state index < -0.39 is 44.5 Å². The van der Waals surface area contributed by atoms with Gasteiger partial charge in [0.05, 0.1) is 35.8 Å². The summed E-state index contributed by atoms with van der Waals surface area (Å²) in [5, 5.41) is 0.215. The maximum atomic E-state index is 14.2. The van der Waals surface area contributed by atoms with E-state index in [9.17, 15) is 22.8 Å². The Hall–Kier alpha value is -3.67. The molecule has 2 aromatic rings. The standard InChI is InChI=1S/C35H45N3O8S/c1-5-45-31-18-30(25-13-14-29(44-4)21(2)32(25)36-31)46-23-16-26-27(17-23)33(40)38(3)15-9-7-6-8-10-22-19-35(22,20-28(26)39)34(41)37-47(42,43)24-11-12-24/h8,10,13-14,18,22-24,26-27H,5-7,9,11-12,15-17,19-20H2,1-4H3,(H,37,41)/b10-8-/t22-,23-,26-,27-,35-/m1/s1. The van der Waals surface area contributed by atoms with Crippen molar-refractivity contribution < 1.29 is 37.0 Å². The van der Waals surface area contributed by atoms with Gasteiger partial charge >= 0.3 is 0 Å². The number of pyridine rings is 1. The van der Waals surface area contributed by atoms with Gasteiger partial charge in [-0.25, -0.2) is 13.4 Å². The summed E-state index contributed by atoms with van der Waals surface area (Å²) in [6.45, 7) is 4.79. The number of carbonyl (C=O) groups excluding carboxylic acids is 3. The molecule has 0 saturated heterocycles. The highest BCUT2D eigenvalue weighted by molar-refractivity contribution is 7.90. The molecule has 1 aromatic carbocycles. The van der Waals surface area contributed by atoms with E-state index in [0.717, 1.165) is 30.2 Å². The minimum absolute atomic E-state index is 0.112. The number of ketones is 1. The smallest absolute Gasteiger partial charge is 0.240 e. The number of nitrogens with one attached hydrogen (secondary N) is 1. The van der Waals surface area contributed by atoms with E-state index >= 15 is 0 Å². The van der Waals surface area contributed by atoms with Crippen LogP contribution in [0.1, 0.15) is 70.3 Å². The highest BCUT2D eigenvalue weighted by atomic mass is 32.2. The Bertz CT molecular complexity index is 1700. The Labute approximate surface area is 276 Å². The first kappa shape index (κ1) is 33.2. The number of hydrogen-bond donors (Lipinski definition) is 1. The van der Waals surface area contributed by atoms with Gasteiger partial charge in [-0.3, -0.25) is 19.1 Å². The van der Waals surface area contributed by atoms with Crippen molar-refractivity contribution >= 4 is 38.5 Å². The van der Waals surface area contributed by atoms with Crippen LogP contribution in [0.15, 0.2) is 30.4 Å². The van der Waals surface area contributed by atoms with Gasteiger partial charge in [-0.2, -0.15) is 0 Å². The number of amides is 2. The van der Waals surface area contributed by atoms with Gasteiger partial charge in [-0.1, -0.05) is 12.2 Å². The number of rotatable bonds is 8. The summed E-state index contributed by atoms with van der Waals surface area (Å²) < 4.78 is 45.6. The van der Waals surface area contributed by atoms with Crippen molar-refractivity contribution in [2.75, 3.05) is 27.3 Å². The number of carbonyl (C=O) groups is 3. The third-order valence-electron chi connectivity index (χ3n) is 10.3. The number of methoxy groups -OCH3 is 1. The number of Topliss-reactive ketones (excluding diaryl/α,β-unsaturated/α-hetero) is 1. The molecule has 2 amide bonds. The van der Waals surface area contributed by atoms with Crippen molar-refractivity contribution in [1.29, 1.82) is 0 Å². The molecule has 1 aliphatic heterocycles. The zero-order valence-electron chi connectivity index (χ0n) is 27.6. The van der Waals surface area contributed by atoms with Crippen LogP contribution < -0.4 is 18.9 Å². The largest absolute Gasteiger partial charge is 0.496 e. The summed E-state index contributed by atoms with van der Waals surface area (Å²) in [5.74, 6) is -0.816. The Morgan fingerprint density at radius 3 is 2.62 bits per heavy atom. The van der Waals surface area contributed by atoms with Crippen LogP contribution in [0, 0.1) is 30.1 Å². The first-order valence-electron chi connectivity index (χ1n) is 16.8. The fraction of sp³-hybridized carbons (Fsp3) is 0.600. The van der Waals surface area contributed by atoms with Gasteiger partial charge in [0.25, 0.3) is 0 Å². The molecular formula is C35H45N3O8S. The topological polar surface area (TPSA) is 141 Å². The van der Waals surface area contributed by atoms with E-state index in [-0.39, 0.29) is 24.0 Å². The molecule has 0 radical (unpaired) electrons. The Morgan fingerprint density at radius 2 is 1.89 bits per heavy atom. The summed E-state index contributed by atoms with van der Waals surface area (Å²) in [7, 11) is -0.398. The normalized spacial score (nSPS) is 29.0. The van der Waals surface area contributed by atoms with E-state index in [0.29, 0.717) is 68.2 Å². The highest BCUT2D eigenvalue weighted by Crippen LogP contribution is 2.58. The van der Waals surface area contributed by atoms with Gasteiger partial charge in [0.15, 0.2) is 0 Å². The summed E-state index contributed by atoms with van der Waals surface area (Å²) in [6.07, 6.45) is 7.96. The van der Waals surface area contributed by atoms with Crippen molar-refractivity contribution in [2.45, 2.75) is 83.0 Å². The van der Waals surface area contributed by atoms with E-state index in [4.69, 9.17) is 14.2 Å². The van der Waals surface area contributed by atoms with Crippen LogP contribution in [0.25, 0.3) is 10.9 Å². The SMILES string of the molecule is CCOc1cc(O[C@@H]2C[C@H]3C(=O)C[C@]4(C(=O)NS(=O)(=O)C5CC5)C[C@H]4/C=C\CCCCN(C)C(=O)[C@@H]3C2)c2ccc(OC)c(C)c2n1. The number of fused-ring (bicyclic) bond motifs is 3. The number of aryl methyl sites for hydroxylation is 1. The lowest BCUT2D eigenvalue weighted by molar-refractivity contribution is -0.140. The van der Waals surface area contributed by atoms with Gasteiger partial charge in [0, 0.05) is 42.9 Å². The van der Waals surface area contributed by atoms with Crippen LogP contribution in [0.4, 0.5) is 0 Å². The predicted molar refractivity (Wildman–Crippen MR) is 176 cm³/mol. The van der Waals surface area contributed by atoms with E-state index in [1.165, 1.54) is 0 Å². The lowest BCUT2D eigenvalue weighted by atomic mass is 9.84. The third-order valence-corrected chi connectivity index (χ3v) is 12.1. The average Bonchev–Trinajstić information content (AvgIpc) is 3.96. The number of sulfonamides is 1. The van der Waals surface area contributed by atoms with Crippen LogP contribution in [0.5, 0.6) is 17.4 Å². The minimum Gasteiger partial charge on any atom is -0.496 e. The molecule has 11 nitrogen and oxygen atoms in total. The first-order chi connectivity index (χ1) is 22.5. The molecule has 3 saturated carbocycles. The molecule has 3 aliphatic carbocycles. The number of ether oxygens (including phenoxy) is 3. The summed E-state index contributed by atoms with van der Waals surface area (Å²) in [4.78, 5) is 48.1. The molecule has 1 N–H and O–H groups in total. The summed E-state index contributed by atoms with van der Waals surface area (Å²) in [5.41, 5.74) is 0.376. The molecule has 6 rings (SSSR count). The molecule has 0 unspecified atom stereocenters. The number of hydrogen-bond acceptors (Lipinski definition) is 9. The monoisotopic (exact) mass is 667 g/mol. The van der Waals surface area contributed by atoms with Crippen LogP contribution >= 0.6 is 0 Å². The molecule has 0 bridgehead atoms. The van der Waals surface area contributed by atoms with Crippen LogP contribution in [0.2, 0.25) is 0 Å². The Balaban J connectivity index is 1.30. The van der Waals surface area contributed by atoms with Gasteiger partial charge in [-0.05, 0) is 83.3 Å². The molecule has 254 valence electrons. The number of benzene rings is 1.